The third-order valence-electron chi connectivity index (χ3n) is 6.95. The van der Waals surface area contributed by atoms with Crippen molar-refractivity contribution in [2.45, 2.75) is 58.8 Å². The van der Waals surface area contributed by atoms with Crippen molar-refractivity contribution in [3.8, 4) is 0 Å². The lowest BCUT2D eigenvalue weighted by molar-refractivity contribution is -0.146. The van der Waals surface area contributed by atoms with Crippen molar-refractivity contribution in [3.05, 3.63) is 17.0 Å². The molecule has 0 N–H and O–H groups in total. The van der Waals surface area contributed by atoms with E-state index in [2.05, 4.69) is 16.9 Å². The first-order valence-electron chi connectivity index (χ1n) is 10.5. The van der Waals surface area contributed by atoms with Crippen LogP contribution in [-0.2, 0) is 23.1 Å². The molecule has 2 saturated heterocycles. The highest BCUT2D eigenvalue weighted by molar-refractivity contribution is 5.86. The zero-order valence-corrected chi connectivity index (χ0v) is 17.0. The van der Waals surface area contributed by atoms with E-state index in [9.17, 15) is 9.59 Å². The maximum absolute atomic E-state index is 13.1. The van der Waals surface area contributed by atoms with E-state index in [1.54, 1.807) is 0 Å². The number of aromatic nitrogens is 2. The van der Waals surface area contributed by atoms with Gasteiger partial charge in [0.05, 0.1) is 11.1 Å². The number of hydrogen-bond acceptors (Lipinski definition) is 3. The number of amides is 2. The van der Waals surface area contributed by atoms with Crippen LogP contribution >= 0.6 is 0 Å². The molecule has 3 heterocycles. The fourth-order valence-corrected chi connectivity index (χ4v) is 4.97. The Balaban J connectivity index is 1.36. The van der Waals surface area contributed by atoms with Crippen LogP contribution in [0.5, 0.6) is 0 Å². The summed E-state index contributed by atoms with van der Waals surface area (Å²) in [5.74, 6) is 1.23. The monoisotopic (exact) mass is 372 g/mol. The number of nitrogens with zero attached hydrogens (tertiary/aromatic N) is 4. The molecule has 1 aromatic heterocycles. The Labute approximate surface area is 161 Å². The molecule has 148 valence electrons. The second kappa shape index (κ2) is 6.95. The Morgan fingerprint density at radius 1 is 1.22 bits per heavy atom. The van der Waals surface area contributed by atoms with Crippen molar-refractivity contribution in [2.24, 2.45) is 18.4 Å². The molecule has 1 saturated carbocycles. The fourth-order valence-electron chi connectivity index (χ4n) is 4.97. The smallest absolute Gasteiger partial charge is 0.230 e. The van der Waals surface area contributed by atoms with Gasteiger partial charge in [-0.1, -0.05) is 0 Å². The summed E-state index contributed by atoms with van der Waals surface area (Å²) in [6.07, 6.45) is 6.64. The maximum Gasteiger partial charge on any atom is 0.230 e. The molecule has 27 heavy (non-hydrogen) atoms. The lowest BCUT2D eigenvalue weighted by Crippen LogP contribution is -2.50. The quantitative estimate of drug-likeness (QED) is 0.796. The molecule has 1 aromatic rings. The molecular weight excluding hydrogens is 340 g/mol. The number of rotatable bonds is 5. The first kappa shape index (κ1) is 18.5. The Morgan fingerprint density at radius 2 is 2.00 bits per heavy atom. The third kappa shape index (κ3) is 3.50. The molecule has 2 aliphatic heterocycles. The van der Waals surface area contributed by atoms with Crippen LogP contribution in [-0.4, -0.2) is 57.6 Å². The van der Waals surface area contributed by atoms with Gasteiger partial charge in [0, 0.05) is 45.3 Å². The molecule has 0 aromatic carbocycles. The lowest BCUT2D eigenvalue weighted by Gasteiger charge is -2.39. The van der Waals surface area contributed by atoms with Gasteiger partial charge >= 0.3 is 0 Å². The largest absolute Gasteiger partial charge is 0.342 e. The third-order valence-corrected chi connectivity index (χ3v) is 6.95. The van der Waals surface area contributed by atoms with Crippen LogP contribution in [0.15, 0.2) is 0 Å². The molecule has 0 bridgehead atoms. The van der Waals surface area contributed by atoms with Crippen molar-refractivity contribution in [1.82, 2.24) is 19.6 Å². The summed E-state index contributed by atoms with van der Waals surface area (Å²) < 4.78 is 1.88. The number of likely N-dealkylation sites (tertiary alicyclic amines) is 2. The number of aryl methyl sites for hydroxylation is 2. The first-order valence-corrected chi connectivity index (χ1v) is 10.5. The summed E-state index contributed by atoms with van der Waals surface area (Å²) in [7, 11) is 1.94. The summed E-state index contributed by atoms with van der Waals surface area (Å²) in [6.45, 7) is 7.26. The van der Waals surface area contributed by atoms with Gasteiger partial charge in [-0.25, -0.2) is 0 Å². The van der Waals surface area contributed by atoms with Crippen molar-refractivity contribution < 1.29 is 9.59 Å². The van der Waals surface area contributed by atoms with E-state index in [-0.39, 0.29) is 11.3 Å². The first-order chi connectivity index (χ1) is 12.9. The molecule has 0 radical (unpaired) electrons. The molecule has 2 amide bonds. The number of carbonyl (C=O) groups is 2. The number of hydrogen-bond donors (Lipinski definition) is 0. The van der Waals surface area contributed by atoms with Crippen molar-refractivity contribution in [3.63, 3.8) is 0 Å². The molecule has 4 rings (SSSR count). The highest BCUT2D eigenvalue weighted by Gasteiger charge is 2.49. The molecular formula is C21H32N4O2. The summed E-state index contributed by atoms with van der Waals surface area (Å²) in [6, 6.07) is 0. The maximum atomic E-state index is 13.1. The summed E-state index contributed by atoms with van der Waals surface area (Å²) in [5, 5.41) is 4.44. The molecule has 0 unspecified atom stereocenters. The van der Waals surface area contributed by atoms with E-state index in [0.29, 0.717) is 18.9 Å². The van der Waals surface area contributed by atoms with Gasteiger partial charge in [-0.3, -0.25) is 14.3 Å². The second-order valence-corrected chi connectivity index (χ2v) is 8.92. The molecule has 3 aliphatic rings. The van der Waals surface area contributed by atoms with Gasteiger partial charge in [0.15, 0.2) is 0 Å². The van der Waals surface area contributed by atoms with E-state index in [0.717, 1.165) is 62.6 Å². The molecule has 1 aliphatic carbocycles. The standard InChI is InChI=1S/C21H32N4O2/c1-15-18(16(2)23(3)22-15)7-8-19(26)25-12-10-21(14-25)9-4-11-24(20(21)27)13-17-5-6-17/h17H,4-14H2,1-3H3/t21-/m0/s1. The van der Waals surface area contributed by atoms with Crippen molar-refractivity contribution in [1.29, 1.82) is 0 Å². The van der Waals surface area contributed by atoms with E-state index in [4.69, 9.17) is 0 Å². The molecule has 6 nitrogen and oxygen atoms in total. The van der Waals surface area contributed by atoms with Gasteiger partial charge in [0.2, 0.25) is 11.8 Å². The summed E-state index contributed by atoms with van der Waals surface area (Å²) in [4.78, 5) is 30.0. The van der Waals surface area contributed by atoms with Crippen molar-refractivity contribution >= 4 is 11.8 Å². The highest BCUT2D eigenvalue weighted by Crippen LogP contribution is 2.41. The Kier molecular flexibility index (Phi) is 4.77. The van der Waals surface area contributed by atoms with E-state index < -0.39 is 0 Å². The highest BCUT2D eigenvalue weighted by atomic mass is 16.2. The van der Waals surface area contributed by atoms with Gasteiger partial charge in [-0.15, -0.1) is 0 Å². The van der Waals surface area contributed by atoms with Crippen LogP contribution in [0, 0.1) is 25.2 Å². The molecule has 1 atom stereocenters. The predicted molar refractivity (Wildman–Crippen MR) is 103 cm³/mol. The van der Waals surface area contributed by atoms with Crippen LogP contribution in [0.1, 0.15) is 55.5 Å². The van der Waals surface area contributed by atoms with Crippen LogP contribution < -0.4 is 0 Å². The van der Waals surface area contributed by atoms with Crippen LogP contribution in [0.25, 0.3) is 0 Å². The minimum Gasteiger partial charge on any atom is -0.342 e. The van der Waals surface area contributed by atoms with Gasteiger partial charge < -0.3 is 9.80 Å². The van der Waals surface area contributed by atoms with Gasteiger partial charge in [-0.05, 0) is 63.9 Å². The van der Waals surface area contributed by atoms with Crippen LogP contribution in [0.4, 0.5) is 0 Å². The average molecular weight is 373 g/mol. The summed E-state index contributed by atoms with van der Waals surface area (Å²) >= 11 is 0. The summed E-state index contributed by atoms with van der Waals surface area (Å²) in [5.41, 5.74) is 3.03. The minimum atomic E-state index is -0.303. The average Bonchev–Trinajstić information content (AvgIpc) is 3.29. The SMILES string of the molecule is Cc1nn(C)c(C)c1CCC(=O)N1CC[C@@]2(CCCN(CC3CC3)C2=O)C1. The molecule has 3 fully saturated rings. The second-order valence-electron chi connectivity index (χ2n) is 8.92. The Hall–Kier alpha value is -1.85. The van der Waals surface area contributed by atoms with Crippen LogP contribution in [0.3, 0.4) is 0 Å². The van der Waals surface area contributed by atoms with Gasteiger partial charge in [0.1, 0.15) is 0 Å². The van der Waals surface area contributed by atoms with E-state index in [1.807, 2.05) is 23.6 Å². The molecule has 1 spiro atoms. The minimum absolute atomic E-state index is 0.182. The Morgan fingerprint density at radius 3 is 2.67 bits per heavy atom. The normalized spacial score (nSPS) is 25.7. The van der Waals surface area contributed by atoms with E-state index >= 15 is 0 Å². The lowest BCUT2D eigenvalue weighted by atomic mass is 9.78. The predicted octanol–water partition coefficient (Wildman–Crippen LogP) is 2.22. The van der Waals surface area contributed by atoms with Crippen molar-refractivity contribution in [2.75, 3.05) is 26.2 Å². The van der Waals surface area contributed by atoms with E-state index in [1.165, 1.54) is 18.4 Å². The van der Waals surface area contributed by atoms with Gasteiger partial charge in [0.25, 0.3) is 0 Å². The van der Waals surface area contributed by atoms with Gasteiger partial charge in [-0.2, -0.15) is 5.10 Å². The Bertz CT molecular complexity index is 752. The van der Waals surface area contributed by atoms with Crippen LogP contribution in [0.2, 0.25) is 0 Å². The fraction of sp³-hybridized carbons (Fsp3) is 0.762. The number of carbonyl (C=O) groups excluding carboxylic acids is 2. The zero-order chi connectivity index (χ0) is 19.2. The zero-order valence-electron chi connectivity index (χ0n) is 17.0. The number of piperidine rings is 1. The topological polar surface area (TPSA) is 58.4 Å². The molecule has 6 heteroatoms.